The van der Waals surface area contributed by atoms with Crippen LogP contribution in [0.25, 0.3) is 0 Å². The Morgan fingerprint density at radius 1 is 1.19 bits per heavy atom. The first kappa shape index (κ1) is 21.4. The number of carbonyl (C=O) groups is 1. The third kappa shape index (κ3) is 4.74. The van der Waals surface area contributed by atoms with Gasteiger partial charge in [0.05, 0.1) is 13.2 Å². The maximum Gasteiger partial charge on any atom is 0.321 e. The van der Waals surface area contributed by atoms with Crippen molar-refractivity contribution in [3.8, 4) is 17.2 Å². The lowest BCUT2D eigenvalue weighted by Crippen LogP contribution is -2.46. The molecule has 2 aliphatic rings. The second-order valence-corrected chi connectivity index (χ2v) is 7.93. The Morgan fingerprint density at radius 2 is 1.97 bits per heavy atom. The molecule has 31 heavy (non-hydrogen) atoms. The summed E-state index contributed by atoms with van der Waals surface area (Å²) in [5.41, 5.74) is 1.92. The zero-order valence-electron chi connectivity index (χ0n) is 17.6. The number of methoxy groups -OCH3 is 1. The molecular formula is C23H26F2N2O4. The lowest BCUT2D eigenvalue weighted by Gasteiger charge is -2.30. The molecule has 1 amide bonds. The normalized spacial score (nSPS) is 21.0. The number of nitrogens with zero attached hydrogens (tertiary/aromatic N) is 1. The number of amides is 1. The van der Waals surface area contributed by atoms with Crippen molar-refractivity contribution < 1.29 is 27.8 Å². The highest BCUT2D eigenvalue weighted by Gasteiger charge is 2.41. The molecule has 2 heterocycles. The molecule has 0 spiro atoms. The van der Waals surface area contributed by atoms with Gasteiger partial charge >= 0.3 is 5.92 Å². The van der Waals surface area contributed by atoms with Crippen molar-refractivity contribution in [2.75, 3.05) is 26.9 Å². The second-order valence-electron chi connectivity index (χ2n) is 7.93. The van der Waals surface area contributed by atoms with E-state index in [2.05, 4.69) is 10.2 Å². The number of rotatable bonds is 6. The molecule has 4 rings (SSSR count). The van der Waals surface area contributed by atoms with E-state index in [-0.39, 0.29) is 6.04 Å². The Bertz CT molecular complexity index is 947. The molecule has 166 valence electrons. The number of fused-ring (bicyclic) bond motifs is 1. The molecule has 0 unspecified atom stereocenters. The van der Waals surface area contributed by atoms with Crippen molar-refractivity contribution in [3.63, 3.8) is 0 Å². The van der Waals surface area contributed by atoms with Crippen LogP contribution in [0.2, 0.25) is 0 Å². The fourth-order valence-electron chi connectivity index (χ4n) is 4.17. The fraction of sp³-hybridized carbons (Fsp3) is 0.435. The summed E-state index contributed by atoms with van der Waals surface area (Å²) in [6.07, 6.45) is 0.560. The highest BCUT2D eigenvalue weighted by molar-refractivity contribution is 5.83. The summed E-state index contributed by atoms with van der Waals surface area (Å²) in [6, 6.07) is 12.6. The molecule has 0 saturated carbocycles. The summed E-state index contributed by atoms with van der Waals surface area (Å²) in [5.74, 6) is -2.65. The Balaban J connectivity index is 1.63. The van der Waals surface area contributed by atoms with Gasteiger partial charge in [0, 0.05) is 26.1 Å². The summed E-state index contributed by atoms with van der Waals surface area (Å²) in [7, 11) is 1.61. The van der Waals surface area contributed by atoms with E-state index in [0.717, 1.165) is 16.9 Å². The van der Waals surface area contributed by atoms with Gasteiger partial charge < -0.3 is 19.5 Å². The first-order valence-electron chi connectivity index (χ1n) is 10.3. The molecule has 0 aliphatic carbocycles. The standard InChI is InChI=1S/C23H26F2N2O4/c1-23(24,25)22(28)26-18-8-9-27(14-15-4-3-5-17(12-15)29-2)21(18)16-6-7-19-20(13-16)31-11-10-30-19/h3-7,12-13,18,21H,8-11,14H2,1-2H3,(H,26,28)/t18-,21+/m1/s1. The van der Waals surface area contributed by atoms with Gasteiger partial charge in [-0.2, -0.15) is 8.78 Å². The molecule has 2 aliphatic heterocycles. The number of ether oxygens (including phenoxy) is 3. The van der Waals surface area contributed by atoms with Gasteiger partial charge in [0.25, 0.3) is 5.91 Å². The van der Waals surface area contributed by atoms with Crippen molar-refractivity contribution in [2.24, 2.45) is 0 Å². The number of alkyl halides is 2. The van der Waals surface area contributed by atoms with E-state index >= 15 is 0 Å². The number of halogens is 2. The van der Waals surface area contributed by atoms with Crippen LogP contribution in [-0.4, -0.2) is 49.6 Å². The first-order chi connectivity index (χ1) is 14.8. The van der Waals surface area contributed by atoms with Gasteiger partial charge in [0.15, 0.2) is 11.5 Å². The number of benzene rings is 2. The van der Waals surface area contributed by atoms with Crippen LogP contribution in [0.3, 0.4) is 0 Å². The van der Waals surface area contributed by atoms with Gasteiger partial charge in [0.1, 0.15) is 19.0 Å². The smallest absolute Gasteiger partial charge is 0.321 e. The topological polar surface area (TPSA) is 60.0 Å². The van der Waals surface area contributed by atoms with E-state index in [1.165, 1.54) is 0 Å². The van der Waals surface area contributed by atoms with E-state index < -0.39 is 17.9 Å². The number of hydrogen-bond acceptors (Lipinski definition) is 5. The highest BCUT2D eigenvalue weighted by atomic mass is 19.3. The predicted molar refractivity (Wildman–Crippen MR) is 111 cm³/mol. The quantitative estimate of drug-likeness (QED) is 0.757. The SMILES string of the molecule is COc1cccc(CN2CC[C@@H](NC(=O)C(C)(F)F)[C@@H]2c2ccc3c(c2)OCCO3)c1. The molecule has 1 saturated heterocycles. The largest absolute Gasteiger partial charge is 0.497 e. The lowest BCUT2D eigenvalue weighted by molar-refractivity contribution is -0.144. The molecule has 1 fully saturated rings. The van der Waals surface area contributed by atoms with Crippen LogP contribution >= 0.6 is 0 Å². The molecular weight excluding hydrogens is 406 g/mol. The van der Waals surface area contributed by atoms with Crippen molar-refractivity contribution in [2.45, 2.75) is 37.9 Å². The fourth-order valence-corrected chi connectivity index (χ4v) is 4.17. The van der Waals surface area contributed by atoms with Gasteiger partial charge in [-0.3, -0.25) is 9.69 Å². The minimum absolute atomic E-state index is 0.284. The van der Waals surface area contributed by atoms with E-state index in [0.29, 0.717) is 51.1 Å². The Morgan fingerprint density at radius 3 is 2.71 bits per heavy atom. The minimum Gasteiger partial charge on any atom is -0.497 e. The zero-order valence-corrected chi connectivity index (χ0v) is 17.6. The van der Waals surface area contributed by atoms with Crippen molar-refractivity contribution in [1.82, 2.24) is 10.2 Å². The van der Waals surface area contributed by atoms with Crippen LogP contribution in [0, 0.1) is 0 Å². The minimum atomic E-state index is -3.43. The monoisotopic (exact) mass is 432 g/mol. The van der Waals surface area contributed by atoms with Crippen LogP contribution in [0.1, 0.15) is 30.5 Å². The number of hydrogen-bond donors (Lipinski definition) is 1. The molecule has 0 aromatic heterocycles. The second kappa shape index (κ2) is 8.70. The summed E-state index contributed by atoms with van der Waals surface area (Å²) >= 11 is 0. The van der Waals surface area contributed by atoms with Gasteiger partial charge in [-0.25, -0.2) is 0 Å². The Hall–Kier alpha value is -2.87. The maximum absolute atomic E-state index is 13.6. The Labute approximate surface area is 180 Å². The van der Waals surface area contributed by atoms with Gasteiger partial charge in [-0.1, -0.05) is 18.2 Å². The molecule has 2 aromatic rings. The van der Waals surface area contributed by atoms with Crippen molar-refractivity contribution in [3.05, 3.63) is 53.6 Å². The average molecular weight is 432 g/mol. The van der Waals surface area contributed by atoms with Gasteiger partial charge in [-0.05, 0) is 41.8 Å². The van der Waals surface area contributed by atoms with Crippen LogP contribution in [-0.2, 0) is 11.3 Å². The van der Waals surface area contributed by atoms with Gasteiger partial charge in [-0.15, -0.1) is 0 Å². The number of carbonyl (C=O) groups excluding carboxylic acids is 1. The van der Waals surface area contributed by atoms with Crippen LogP contribution in [0.15, 0.2) is 42.5 Å². The molecule has 6 nitrogen and oxygen atoms in total. The van der Waals surface area contributed by atoms with E-state index in [1.807, 2.05) is 42.5 Å². The number of nitrogens with one attached hydrogen (secondary N) is 1. The molecule has 2 aromatic carbocycles. The van der Waals surface area contributed by atoms with Crippen LogP contribution < -0.4 is 19.5 Å². The summed E-state index contributed by atoms with van der Waals surface area (Å²) in [5, 5.41) is 2.56. The van der Waals surface area contributed by atoms with Crippen LogP contribution in [0.5, 0.6) is 17.2 Å². The third-order valence-electron chi connectivity index (χ3n) is 5.64. The maximum atomic E-state index is 13.6. The highest BCUT2D eigenvalue weighted by Crippen LogP contribution is 2.39. The molecule has 8 heteroatoms. The Kier molecular flexibility index (Phi) is 6.00. The third-order valence-corrected chi connectivity index (χ3v) is 5.64. The van der Waals surface area contributed by atoms with Crippen molar-refractivity contribution in [1.29, 1.82) is 0 Å². The summed E-state index contributed by atoms with van der Waals surface area (Å²) in [4.78, 5) is 14.2. The zero-order chi connectivity index (χ0) is 22.0. The predicted octanol–water partition coefficient (Wildman–Crippen LogP) is 3.55. The summed E-state index contributed by atoms with van der Waals surface area (Å²) in [6.45, 7) is 2.80. The number of likely N-dealkylation sites (tertiary alicyclic amines) is 1. The summed E-state index contributed by atoms with van der Waals surface area (Å²) < 4.78 is 43.8. The average Bonchev–Trinajstić information content (AvgIpc) is 3.14. The molecule has 0 bridgehead atoms. The van der Waals surface area contributed by atoms with Gasteiger partial charge in [0.2, 0.25) is 0 Å². The molecule has 2 atom stereocenters. The van der Waals surface area contributed by atoms with E-state index in [4.69, 9.17) is 14.2 Å². The van der Waals surface area contributed by atoms with E-state index in [9.17, 15) is 13.6 Å². The first-order valence-corrected chi connectivity index (χ1v) is 10.3. The lowest BCUT2D eigenvalue weighted by atomic mass is 9.98. The molecule has 1 N–H and O–H groups in total. The molecule has 0 radical (unpaired) electrons. The van der Waals surface area contributed by atoms with Crippen LogP contribution in [0.4, 0.5) is 8.78 Å². The van der Waals surface area contributed by atoms with Crippen molar-refractivity contribution >= 4 is 5.91 Å². The van der Waals surface area contributed by atoms with E-state index in [1.54, 1.807) is 7.11 Å².